The van der Waals surface area contributed by atoms with Crippen LogP contribution in [0.2, 0.25) is 0 Å². The van der Waals surface area contributed by atoms with E-state index < -0.39 is 0 Å². The third-order valence-electron chi connectivity index (χ3n) is 5.70. The SMILES string of the molecule is C=CC(=O)OC12CC3CC(C1)C1(OCCCO1)C(C3)C2. The van der Waals surface area contributed by atoms with E-state index in [-0.39, 0.29) is 17.4 Å². The summed E-state index contributed by atoms with van der Waals surface area (Å²) < 4.78 is 18.0. The van der Waals surface area contributed by atoms with Gasteiger partial charge in [0.1, 0.15) is 5.60 Å². The van der Waals surface area contributed by atoms with Gasteiger partial charge in [0, 0.05) is 17.9 Å². The predicted molar refractivity (Wildman–Crippen MR) is 71.8 cm³/mol. The highest BCUT2D eigenvalue weighted by Gasteiger charge is 2.65. The molecular weight excluding hydrogens is 256 g/mol. The molecule has 1 aliphatic heterocycles. The van der Waals surface area contributed by atoms with E-state index in [0.29, 0.717) is 17.8 Å². The Hall–Kier alpha value is -0.870. The minimum Gasteiger partial charge on any atom is -0.456 e. The average molecular weight is 278 g/mol. The zero-order valence-corrected chi connectivity index (χ0v) is 11.8. The molecule has 0 aromatic rings. The van der Waals surface area contributed by atoms with Gasteiger partial charge in [0.25, 0.3) is 0 Å². The van der Waals surface area contributed by atoms with Crippen molar-refractivity contribution in [1.82, 2.24) is 0 Å². The van der Waals surface area contributed by atoms with E-state index in [1.54, 1.807) is 0 Å². The second-order valence-electron chi connectivity index (χ2n) is 6.92. The van der Waals surface area contributed by atoms with E-state index in [9.17, 15) is 4.79 Å². The van der Waals surface area contributed by atoms with E-state index >= 15 is 0 Å². The number of esters is 1. The maximum Gasteiger partial charge on any atom is 0.330 e. The van der Waals surface area contributed by atoms with E-state index in [2.05, 4.69) is 6.58 Å². The molecule has 1 saturated heterocycles. The maximum absolute atomic E-state index is 11.7. The topological polar surface area (TPSA) is 44.8 Å². The lowest BCUT2D eigenvalue weighted by atomic mass is 9.51. The molecule has 110 valence electrons. The third kappa shape index (κ3) is 1.70. The Labute approximate surface area is 119 Å². The Morgan fingerprint density at radius 1 is 1.15 bits per heavy atom. The molecule has 5 rings (SSSR count). The summed E-state index contributed by atoms with van der Waals surface area (Å²) in [4.78, 5) is 11.7. The molecule has 4 saturated carbocycles. The highest BCUT2D eigenvalue weighted by Crippen LogP contribution is 2.63. The summed E-state index contributed by atoms with van der Waals surface area (Å²) in [5.41, 5.74) is -0.281. The molecule has 2 atom stereocenters. The monoisotopic (exact) mass is 278 g/mol. The molecule has 5 aliphatic rings. The maximum atomic E-state index is 11.7. The van der Waals surface area contributed by atoms with Crippen molar-refractivity contribution in [1.29, 1.82) is 0 Å². The van der Waals surface area contributed by atoms with Crippen LogP contribution in [0.25, 0.3) is 0 Å². The lowest BCUT2D eigenvalue weighted by Gasteiger charge is -2.64. The number of carbonyl (C=O) groups is 1. The first-order valence-corrected chi connectivity index (χ1v) is 7.79. The Bertz CT molecular complexity index is 420. The van der Waals surface area contributed by atoms with E-state index in [1.165, 1.54) is 6.08 Å². The number of hydrogen-bond acceptors (Lipinski definition) is 4. The highest BCUT2D eigenvalue weighted by atomic mass is 16.7. The van der Waals surface area contributed by atoms with Gasteiger partial charge in [0.2, 0.25) is 0 Å². The molecule has 4 nitrogen and oxygen atoms in total. The van der Waals surface area contributed by atoms with Crippen LogP contribution in [0.1, 0.15) is 38.5 Å². The van der Waals surface area contributed by atoms with Crippen molar-refractivity contribution < 1.29 is 19.0 Å². The van der Waals surface area contributed by atoms with Gasteiger partial charge >= 0.3 is 5.97 Å². The molecule has 4 bridgehead atoms. The predicted octanol–water partition coefficient (Wildman–Crippen LogP) is 2.43. The lowest BCUT2D eigenvalue weighted by Crippen LogP contribution is -2.67. The third-order valence-corrected chi connectivity index (χ3v) is 5.70. The molecule has 0 aromatic carbocycles. The van der Waals surface area contributed by atoms with E-state index in [0.717, 1.165) is 51.7 Å². The van der Waals surface area contributed by atoms with Gasteiger partial charge < -0.3 is 14.2 Å². The quantitative estimate of drug-likeness (QED) is 0.575. The Morgan fingerprint density at radius 3 is 2.40 bits per heavy atom. The van der Waals surface area contributed by atoms with Gasteiger partial charge in [-0.2, -0.15) is 0 Å². The average Bonchev–Trinajstić information content (AvgIpc) is 2.45. The molecule has 1 spiro atoms. The Kier molecular flexibility index (Phi) is 2.77. The van der Waals surface area contributed by atoms with Crippen LogP contribution in [-0.2, 0) is 19.0 Å². The minimum atomic E-state index is -0.376. The molecule has 5 fully saturated rings. The van der Waals surface area contributed by atoms with Gasteiger partial charge in [-0.1, -0.05) is 6.58 Å². The van der Waals surface area contributed by atoms with Crippen LogP contribution in [0.5, 0.6) is 0 Å². The summed E-state index contributed by atoms with van der Waals surface area (Å²) in [5, 5.41) is 0. The highest BCUT2D eigenvalue weighted by molar-refractivity contribution is 5.81. The van der Waals surface area contributed by atoms with Crippen molar-refractivity contribution >= 4 is 5.97 Å². The Morgan fingerprint density at radius 2 is 1.80 bits per heavy atom. The van der Waals surface area contributed by atoms with Gasteiger partial charge in [-0.15, -0.1) is 0 Å². The van der Waals surface area contributed by atoms with Crippen molar-refractivity contribution in [3.63, 3.8) is 0 Å². The fourth-order valence-corrected chi connectivity index (χ4v) is 5.27. The molecular formula is C16H22O4. The summed E-state index contributed by atoms with van der Waals surface area (Å²) in [6, 6.07) is 0. The summed E-state index contributed by atoms with van der Waals surface area (Å²) in [6.07, 6.45) is 7.37. The molecule has 1 heterocycles. The molecule has 2 unspecified atom stereocenters. The van der Waals surface area contributed by atoms with Crippen LogP contribution >= 0.6 is 0 Å². The standard InChI is InChI=1S/C16H22O4/c1-2-14(17)20-15-8-11-6-12(9-15)16(13(7-11)10-15)18-4-3-5-19-16/h2,11-13H,1,3-10H2. The summed E-state index contributed by atoms with van der Waals surface area (Å²) in [7, 11) is 0. The first-order valence-electron chi connectivity index (χ1n) is 7.79. The van der Waals surface area contributed by atoms with E-state index in [4.69, 9.17) is 14.2 Å². The van der Waals surface area contributed by atoms with Crippen molar-refractivity contribution in [2.45, 2.75) is 49.9 Å². The van der Waals surface area contributed by atoms with E-state index in [1.807, 2.05) is 0 Å². The minimum absolute atomic E-state index is 0.281. The largest absolute Gasteiger partial charge is 0.456 e. The van der Waals surface area contributed by atoms with Crippen LogP contribution in [0.3, 0.4) is 0 Å². The van der Waals surface area contributed by atoms with Crippen molar-refractivity contribution in [2.24, 2.45) is 17.8 Å². The van der Waals surface area contributed by atoms with Crippen molar-refractivity contribution in [3.05, 3.63) is 12.7 Å². The van der Waals surface area contributed by atoms with Crippen LogP contribution in [0.15, 0.2) is 12.7 Å². The molecule has 0 aromatic heterocycles. The van der Waals surface area contributed by atoms with Gasteiger partial charge in [0.05, 0.1) is 13.2 Å². The number of hydrogen-bond donors (Lipinski definition) is 0. The van der Waals surface area contributed by atoms with Gasteiger partial charge in [-0.05, 0) is 44.4 Å². The van der Waals surface area contributed by atoms with Gasteiger partial charge in [-0.3, -0.25) is 0 Å². The number of ether oxygens (including phenoxy) is 3. The normalized spacial score (nSPS) is 44.5. The lowest BCUT2D eigenvalue weighted by molar-refractivity contribution is -0.372. The zero-order chi connectivity index (χ0) is 13.8. The smallest absolute Gasteiger partial charge is 0.330 e. The second-order valence-corrected chi connectivity index (χ2v) is 6.92. The Balaban J connectivity index is 1.62. The molecule has 0 radical (unpaired) electrons. The molecule has 4 aliphatic carbocycles. The molecule has 4 heteroatoms. The first-order chi connectivity index (χ1) is 9.66. The molecule has 20 heavy (non-hydrogen) atoms. The fourth-order valence-electron chi connectivity index (χ4n) is 5.27. The molecule has 0 amide bonds. The fraction of sp³-hybridized carbons (Fsp3) is 0.812. The van der Waals surface area contributed by atoms with Crippen LogP contribution < -0.4 is 0 Å². The van der Waals surface area contributed by atoms with Crippen molar-refractivity contribution in [2.75, 3.05) is 13.2 Å². The number of carbonyl (C=O) groups excluding carboxylic acids is 1. The van der Waals surface area contributed by atoms with Crippen LogP contribution in [0, 0.1) is 17.8 Å². The first kappa shape index (κ1) is 12.8. The summed E-state index contributed by atoms with van der Waals surface area (Å²) >= 11 is 0. The van der Waals surface area contributed by atoms with Gasteiger partial charge in [0.15, 0.2) is 5.79 Å². The van der Waals surface area contributed by atoms with Crippen molar-refractivity contribution in [3.8, 4) is 0 Å². The van der Waals surface area contributed by atoms with Crippen LogP contribution in [0.4, 0.5) is 0 Å². The van der Waals surface area contributed by atoms with Crippen LogP contribution in [-0.4, -0.2) is 30.6 Å². The van der Waals surface area contributed by atoms with Gasteiger partial charge in [-0.25, -0.2) is 4.79 Å². The zero-order valence-electron chi connectivity index (χ0n) is 11.8. The number of rotatable bonds is 2. The summed E-state index contributed by atoms with van der Waals surface area (Å²) in [5.74, 6) is 0.758. The summed E-state index contributed by atoms with van der Waals surface area (Å²) in [6.45, 7) is 5.12. The molecule has 0 N–H and O–H groups in total. The second kappa shape index (κ2) is 4.31.